The Morgan fingerprint density at radius 1 is 1.38 bits per heavy atom. The van der Waals surface area contributed by atoms with Crippen molar-refractivity contribution in [3.63, 3.8) is 0 Å². The van der Waals surface area contributed by atoms with Gasteiger partial charge in [-0.2, -0.15) is 0 Å². The average molecular weight is 302 g/mol. The molecule has 2 nitrogen and oxygen atoms in total. The quantitative estimate of drug-likeness (QED) is 0.893. The van der Waals surface area contributed by atoms with E-state index in [9.17, 15) is 9.50 Å². The minimum atomic E-state index is -0.676. The zero-order valence-electron chi connectivity index (χ0n) is 8.15. The number of aromatic hydroxyl groups is 1. The lowest BCUT2D eigenvalue weighted by atomic mass is 10.1. The normalized spacial score (nSPS) is 12.7. The molecular weight excluding hydrogens is 293 g/mol. The SMILES string of the molecule is N[C@H](c1cccs1)c1ccc(Br)c(F)c1O. The summed E-state index contributed by atoms with van der Waals surface area (Å²) in [6, 6.07) is 6.38. The molecule has 1 heterocycles. The molecule has 1 atom stereocenters. The molecule has 5 heteroatoms. The van der Waals surface area contributed by atoms with Crippen LogP contribution in [0.2, 0.25) is 0 Å². The Hall–Kier alpha value is -0.910. The summed E-state index contributed by atoms with van der Waals surface area (Å²) in [5.74, 6) is -1.07. The number of nitrogens with two attached hydrogens (primary N) is 1. The van der Waals surface area contributed by atoms with Gasteiger partial charge in [-0.05, 0) is 33.4 Å². The highest BCUT2D eigenvalue weighted by Crippen LogP contribution is 2.34. The highest BCUT2D eigenvalue weighted by molar-refractivity contribution is 9.10. The highest BCUT2D eigenvalue weighted by Gasteiger charge is 2.18. The predicted molar refractivity (Wildman–Crippen MR) is 66.1 cm³/mol. The topological polar surface area (TPSA) is 46.2 Å². The van der Waals surface area contributed by atoms with Gasteiger partial charge in [0.15, 0.2) is 11.6 Å². The lowest BCUT2D eigenvalue weighted by Gasteiger charge is -2.12. The molecule has 0 saturated carbocycles. The predicted octanol–water partition coefficient (Wildman–Crippen LogP) is 3.40. The summed E-state index contributed by atoms with van der Waals surface area (Å²) < 4.78 is 13.7. The van der Waals surface area contributed by atoms with Crippen molar-refractivity contribution in [2.24, 2.45) is 5.73 Å². The van der Waals surface area contributed by atoms with Crippen LogP contribution in [0.5, 0.6) is 5.75 Å². The third-order valence-corrected chi connectivity index (χ3v) is 3.85. The third-order valence-electron chi connectivity index (χ3n) is 2.29. The zero-order chi connectivity index (χ0) is 11.7. The lowest BCUT2D eigenvalue weighted by Crippen LogP contribution is -2.10. The first-order chi connectivity index (χ1) is 7.61. The van der Waals surface area contributed by atoms with Gasteiger partial charge in [0.2, 0.25) is 0 Å². The highest BCUT2D eigenvalue weighted by atomic mass is 79.9. The van der Waals surface area contributed by atoms with Gasteiger partial charge in [-0.3, -0.25) is 0 Å². The first-order valence-corrected chi connectivity index (χ1v) is 6.24. The molecule has 0 fully saturated rings. The van der Waals surface area contributed by atoms with E-state index >= 15 is 0 Å². The van der Waals surface area contributed by atoms with Crippen LogP contribution in [0.3, 0.4) is 0 Å². The second kappa shape index (κ2) is 4.53. The molecule has 1 aromatic carbocycles. The van der Waals surface area contributed by atoms with Crippen molar-refractivity contribution >= 4 is 27.3 Å². The molecule has 0 unspecified atom stereocenters. The van der Waals surface area contributed by atoms with Crippen LogP contribution in [0.4, 0.5) is 4.39 Å². The van der Waals surface area contributed by atoms with Crippen LogP contribution in [0.25, 0.3) is 0 Å². The summed E-state index contributed by atoms with van der Waals surface area (Å²) in [7, 11) is 0. The van der Waals surface area contributed by atoms with Gasteiger partial charge in [0.1, 0.15) is 0 Å². The van der Waals surface area contributed by atoms with E-state index in [2.05, 4.69) is 15.9 Å². The second-order valence-corrected chi connectivity index (χ2v) is 5.13. The number of hydrogen-bond donors (Lipinski definition) is 2. The minimum absolute atomic E-state index is 0.229. The van der Waals surface area contributed by atoms with E-state index < -0.39 is 17.6 Å². The summed E-state index contributed by atoms with van der Waals surface area (Å²) in [6.45, 7) is 0. The monoisotopic (exact) mass is 301 g/mol. The maximum atomic E-state index is 13.4. The molecule has 3 N–H and O–H groups in total. The molecule has 0 saturated heterocycles. The van der Waals surface area contributed by atoms with Gasteiger partial charge in [0.25, 0.3) is 0 Å². The van der Waals surface area contributed by atoms with Gasteiger partial charge in [-0.25, -0.2) is 4.39 Å². The zero-order valence-corrected chi connectivity index (χ0v) is 10.6. The van der Waals surface area contributed by atoms with Crippen LogP contribution in [0, 0.1) is 5.82 Å². The average Bonchev–Trinajstić information content (AvgIpc) is 2.79. The molecule has 2 rings (SSSR count). The minimum Gasteiger partial charge on any atom is -0.505 e. The Labute approximate surface area is 105 Å². The van der Waals surface area contributed by atoms with Crippen molar-refractivity contribution in [3.8, 4) is 5.75 Å². The Kier molecular flexibility index (Phi) is 3.28. The lowest BCUT2D eigenvalue weighted by molar-refractivity contribution is 0.422. The second-order valence-electron chi connectivity index (χ2n) is 3.29. The van der Waals surface area contributed by atoms with Gasteiger partial charge >= 0.3 is 0 Å². The number of rotatable bonds is 2. The molecule has 84 valence electrons. The van der Waals surface area contributed by atoms with E-state index in [1.165, 1.54) is 17.4 Å². The number of halogens is 2. The Morgan fingerprint density at radius 2 is 2.12 bits per heavy atom. The van der Waals surface area contributed by atoms with Crippen molar-refractivity contribution in [2.75, 3.05) is 0 Å². The van der Waals surface area contributed by atoms with Crippen LogP contribution in [-0.2, 0) is 0 Å². The van der Waals surface area contributed by atoms with Crippen molar-refractivity contribution in [1.82, 2.24) is 0 Å². The third kappa shape index (κ3) is 1.98. The van der Waals surface area contributed by atoms with E-state index in [4.69, 9.17) is 5.73 Å². The fourth-order valence-corrected chi connectivity index (χ4v) is 2.49. The van der Waals surface area contributed by atoms with E-state index in [-0.39, 0.29) is 4.47 Å². The first-order valence-electron chi connectivity index (χ1n) is 4.57. The van der Waals surface area contributed by atoms with Gasteiger partial charge in [-0.1, -0.05) is 12.1 Å². The molecule has 2 aromatic rings. The van der Waals surface area contributed by atoms with E-state index in [0.29, 0.717) is 5.56 Å². The number of phenols is 1. The maximum absolute atomic E-state index is 13.4. The number of thiophene rings is 1. The molecule has 0 spiro atoms. The largest absolute Gasteiger partial charge is 0.505 e. The van der Waals surface area contributed by atoms with Crippen LogP contribution in [0.15, 0.2) is 34.1 Å². The summed E-state index contributed by atoms with van der Waals surface area (Å²) in [5, 5.41) is 11.6. The van der Waals surface area contributed by atoms with Gasteiger partial charge in [-0.15, -0.1) is 11.3 Å². The molecular formula is C11H9BrFNOS. The summed E-state index contributed by atoms with van der Waals surface area (Å²) in [4.78, 5) is 0.886. The molecule has 0 amide bonds. The summed E-state index contributed by atoms with van der Waals surface area (Å²) in [5.41, 5.74) is 6.34. The smallest absolute Gasteiger partial charge is 0.179 e. The standard InChI is InChI=1S/C11H9BrFNOS/c12-7-4-3-6(11(15)9(7)13)10(14)8-2-1-5-16-8/h1-5,10,15H,14H2/t10-/m0/s1. The molecule has 0 aliphatic carbocycles. The molecule has 0 aliphatic heterocycles. The fraction of sp³-hybridized carbons (Fsp3) is 0.0909. The summed E-state index contributed by atoms with van der Waals surface area (Å²) >= 11 is 4.48. The van der Waals surface area contributed by atoms with E-state index in [1.54, 1.807) is 6.07 Å². The molecule has 16 heavy (non-hydrogen) atoms. The van der Waals surface area contributed by atoms with Crippen molar-refractivity contribution in [2.45, 2.75) is 6.04 Å². The Bertz CT molecular complexity index is 501. The summed E-state index contributed by atoms with van der Waals surface area (Å²) in [6.07, 6.45) is 0. The van der Waals surface area contributed by atoms with Crippen LogP contribution < -0.4 is 5.73 Å². The van der Waals surface area contributed by atoms with Crippen molar-refractivity contribution in [1.29, 1.82) is 0 Å². The fourth-order valence-electron chi connectivity index (χ4n) is 1.43. The first kappa shape index (κ1) is 11.6. The molecule has 0 radical (unpaired) electrons. The Morgan fingerprint density at radius 3 is 2.75 bits per heavy atom. The maximum Gasteiger partial charge on any atom is 0.179 e. The Balaban J connectivity index is 2.45. The van der Waals surface area contributed by atoms with Gasteiger partial charge in [0, 0.05) is 10.4 Å². The number of phenolic OH excluding ortho intramolecular Hbond substituents is 1. The van der Waals surface area contributed by atoms with E-state index in [0.717, 1.165) is 4.88 Å². The van der Waals surface area contributed by atoms with Gasteiger partial charge in [0.05, 0.1) is 10.5 Å². The van der Waals surface area contributed by atoms with Gasteiger partial charge < -0.3 is 10.8 Å². The van der Waals surface area contributed by atoms with Crippen molar-refractivity contribution < 1.29 is 9.50 Å². The van der Waals surface area contributed by atoms with Crippen LogP contribution in [-0.4, -0.2) is 5.11 Å². The molecule has 1 aromatic heterocycles. The van der Waals surface area contributed by atoms with Crippen LogP contribution in [0.1, 0.15) is 16.5 Å². The number of hydrogen-bond acceptors (Lipinski definition) is 3. The molecule has 0 aliphatic rings. The molecule has 0 bridgehead atoms. The number of benzene rings is 1. The van der Waals surface area contributed by atoms with Crippen LogP contribution >= 0.6 is 27.3 Å². The van der Waals surface area contributed by atoms with E-state index in [1.807, 2.05) is 17.5 Å². The van der Waals surface area contributed by atoms with Crippen molar-refractivity contribution in [3.05, 3.63) is 50.4 Å².